The van der Waals surface area contributed by atoms with Gasteiger partial charge in [-0.2, -0.15) is 13.2 Å². The van der Waals surface area contributed by atoms with Crippen molar-refractivity contribution in [2.24, 2.45) is 0 Å². The summed E-state index contributed by atoms with van der Waals surface area (Å²) in [5, 5.41) is 0. The molecular formula is C13H9F4NO2. The van der Waals surface area contributed by atoms with Crippen LogP contribution in [0.4, 0.5) is 17.6 Å². The highest BCUT2D eigenvalue weighted by Gasteiger charge is 2.31. The maximum atomic E-state index is 13.2. The van der Waals surface area contributed by atoms with Crippen molar-refractivity contribution in [1.29, 1.82) is 0 Å². The van der Waals surface area contributed by atoms with Gasteiger partial charge in [0.1, 0.15) is 11.6 Å². The van der Waals surface area contributed by atoms with Crippen molar-refractivity contribution in [2.75, 3.05) is 7.11 Å². The second-order valence-electron chi connectivity index (χ2n) is 3.99. The van der Waals surface area contributed by atoms with Gasteiger partial charge < -0.3 is 9.72 Å². The average molecular weight is 287 g/mol. The fraction of sp³-hybridized carbons (Fsp3) is 0.154. The lowest BCUT2D eigenvalue weighted by atomic mass is 10.1. The van der Waals surface area contributed by atoms with Crippen LogP contribution in [0.2, 0.25) is 0 Å². The molecule has 0 aliphatic heterocycles. The molecule has 1 N–H and O–H groups in total. The van der Waals surface area contributed by atoms with Gasteiger partial charge in [-0.15, -0.1) is 0 Å². The Kier molecular flexibility index (Phi) is 3.52. The van der Waals surface area contributed by atoms with Crippen LogP contribution < -0.4 is 10.3 Å². The number of H-pyrrole nitrogens is 1. The molecule has 1 aromatic carbocycles. The molecule has 0 aliphatic rings. The standard InChI is InChI=1S/C13H9F4NO2/c1-20-11-3-2-8(14)6-9(11)10-4-7(13(15,16)17)5-12(19)18-10/h2-6H,1H3,(H,18,19). The summed E-state index contributed by atoms with van der Waals surface area (Å²) >= 11 is 0. The summed E-state index contributed by atoms with van der Waals surface area (Å²) in [5.74, 6) is -0.500. The molecule has 0 unspecified atom stereocenters. The number of hydrogen-bond acceptors (Lipinski definition) is 2. The Morgan fingerprint density at radius 1 is 1.15 bits per heavy atom. The van der Waals surface area contributed by atoms with Crippen molar-refractivity contribution in [1.82, 2.24) is 4.98 Å². The van der Waals surface area contributed by atoms with E-state index in [9.17, 15) is 22.4 Å². The Bertz CT molecular complexity index is 692. The van der Waals surface area contributed by atoms with E-state index in [4.69, 9.17) is 4.74 Å². The zero-order valence-electron chi connectivity index (χ0n) is 10.2. The van der Waals surface area contributed by atoms with E-state index in [1.807, 2.05) is 0 Å². The molecular weight excluding hydrogens is 278 g/mol. The first-order valence-electron chi connectivity index (χ1n) is 5.47. The van der Waals surface area contributed by atoms with Gasteiger partial charge in [0.25, 0.3) is 0 Å². The molecule has 7 heteroatoms. The van der Waals surface area contributed by atoms with Gasteiger partial charge in [0.05, 0.1) is 18.4 Å². The summed E-state index contributed by atoms with van der Waals surface area (Å²) in [6.45, 7) is 0. The summed E-state index contributed by atoms with van der Waals surface area (Å²) in [4.78, 5) is 13.6. The first kappa shape index (κ1) is 14.1. The van der Waals surface area contributed by atoms with E-state index in [1.54, 1.807) is 0 Å². The van der Waals surface area contributed by atoms with Gasteiger partial charge in [0.2, 0.25) is 5.56 Å². The number of aromatic amines is 1. The number of halogens is 4. The van der Waals surface area contributed by atoms with E-state index in [0.29, 0.717) is 6.07 Å². The minimum Gasteiger partial charge on any atom is -0.496 e. The molecule has 0 saturated heterocycles. The Morgan fingerprint density at radius 3 is 2.45 bits per heavy atom. The van der Waals surface area contributed by atoms with Gasteiger partial charge in [0, 0.05) is 11.6 Å². The molecule has 0 atom stereocenters. The van der Waals surface area contributed by atoms with Gasteiger partial charge >= 0.3 is 6.18 Å². The maximum Gasteiger partial charge on any atom is 0.416 e. The molecule has 1 heterocycles. The Hall–Kier alpha value is -2.31. The Morgan fingerprint density at radius 2 is 1.85 bits per heavy atom. The summed E-state index contributed by atoms with van der Waals surface area (Å²) in [6.07, 6.45) is -4.66. The van der Waals surface area contributed by atoms with E-state index in [2.05, 4.69) is 4.98 Å². The SMILES string of the molecule is COc1ccc(F)cc1-c1cc(C(F)(F)F)cc(=O)[nH]1. The number of nitrogens with one attached hydrogen (secondary N) is 1. The van der Waals surface area contributed by atoms with Crippen molar-refractivity contribution in [3.8, 4) is 17.0 Å². The number of ether oxygens (including phenoxy) is 1. The number of hydrogen-bond donors (Lipinski definition) is 1. The molecule has 3 nitrogen and oxygen atoms in total. The minimum absolute atomic E-state index is 0.0377. The lowest BCUT2D eigenvalue weighted by molar-refractivity contribution is -0.137. The zero-order chi connectivity index (χ0) is 14.9. The van der Waals surface area contributed by atoms with Crippen LogP contribution in [0.5, 0.6) is 5.75 Å². The molecule has 0 aliphatic carbocycles. The molecule has 0 spiro atoms. The van der Waals surface area contributed by atoms with Crippen LogP contribution >= 0.6 is 0 Å². The topological polar surface area (TPSA) is 42.1 Å². The van der Waals surface area contributed by atoms with Crippen molar-refractivity contribution >= 4 is 0 Å². The number of methoxy groups -OCH3 is 1. The van der Waals surface area contributed by atoms with Gasteiger partial charge in [-0.3, -0.25) is 4.79 Å². The van der Waals surface area contributed by atoms with Gasteiger partial charge in [0.15, 0.2) is 0 Å². The van der Waals surface area contributed by atoms with Crippen LogP contribution in [0.3, 0.4) is 0 Å². The zero-order valence-corrected chi connectivity index (χ0v) is 10.2. The predicted molar refractivity (Wildman–Crippen MR) is 64.0 cm³/mol. The molecule has 20 heavy (non-hydrogen) atoms. The molecule has 0 saturated carbocycles. The Balaban J connectivity index is 2.67. The molecule has 0 amide bonds. The molecule has 0 fully saturated rings. The monoisotopic (exact) mass is 287 g/mol. The second-order valence-corrected chi connectivity index (χ2v) is 3.99. The highest BCUT2D eigenvalue weighted by molar-refractivity contribution is 5.67. The molecule has 0 bridgehead atoms. The lowest BCUT2D eigenvalue weighted by Crippen LogP contribution is -2.14. The number of benzene rings is 1. The molecule has 0 radical (unpaired) electrons. The smallest absolute Gasteiger partial charge is 0.416 e. The van der Waals surface area contributed by atoms with E-state index < -0.39 is 23.1 Å². The van der Waals surface area contributed by atoms with Crippen molar-refractivity contribution in [3.05, 3.63) is 52.1 Å². The number of aromatic nitrogens is 1. The van der Waals surface area contributed by atoms with Crippen molar-refractivity contribution in [3.63, 3.8) is 0 Å². The molecule has 2 aromatic rings. The van der Waals surface area contributed by atoms with E-state index in [1.165, 1.54) is 13.2 Å². The lowest BCUT2D eigenvalue weighted by Gasteiger charge is -2.11. The highest BCUT2D eigenvalue weighted by Crippen LogP contribution is 2.33. The van der Waals surface area contributed by atoms with Gasteiger partial charge in [-0.25, -0.2) is 4.39 Å². The van der Waals surface area contributed by atoms with Crippen LogP contribution in [0.15, 0.2) is 35.1 Å². The van der Waals surface area contributed by atoms with Crippen LogP contribution in [-0.4, -0.2) is 12.1 Å². The van der Waals surface area contributed by atoms with Gasteiger partial charge in [-0.05, 0) is 24.3 Å². The quantitative estimate of drug-likeness (QED) is 0.862. The van der Waals surface area contributed by atoms with Crippen LogP contribution in [0, 0.1) is 5.82 Å². The maximum absolute atomic E-state index is 13.2. The van der Waals surface area contributed by atoms with E-state index in [0.717, 1.165) is 18.2 Å². The second kappa shape index (κ2) is 4.99. The first-order valence-corrected chi connectivity index (χ1v) is 5.47. The highest BCUT2D eigenvalue weighted by atomic mass is 19.4. The summed E-state index contributed by atoms with van der Waals surface area (Å²) in [6, 6.07) is 4.54. The predicted octanol–water partition coefficient (Wildman–Crippen LogP) is 3.21. The normalized spacial score (nSPS) is 11.4. The van der Waals surface area contributed by atoms with E-state index in [-0.39, 0.29) is 17.0 Å². The van der Waals surface area contributed by atoms with Gasteiger partial charge in [-0.1, -0.05) is 0 Å². The summed E-state index contributed by atoms with van der Waals surface area (Å²) in [7, 11) is 1.29. The Labute approximate surface area is 110 Å². The first-order chi connectivity index (χ1) is 9.31. The summed E-state index contributed by atoms with van der Waals surface area (Å²) in [5.41, 5.74) is -2.17. The van der Waals surface area contributed by atoms with Crippen LogP contribution in [0.1, 0.15) is 5.56 Å². The molecule has 106 valence electrons. The fourth-order valence-electron chi connectivity index (χ4n) is 1.74. The fourth-order valence-corrected chi connectivity index (χ4v) is 1.74. The number of rotatable bonds is 2. The third-order valence-corrected chi connectivity index (χ3v) is 2.62. The largest absolute Gasteiger partial charge is 0.496 e. The molecule has 1 aromatic heterocycles. The van der Waals surface area contributed by atoms with Crippen LogP contribution in [0.25, 0.3) is 11.3 Å². The van der Waals surface area contributed by atoms with Crippen LogP contribution in [-0.2, 0) is 6.18 Å². The third-order valence-electron chi connectivity index (χ3n) is 2.62. The molecule has 2 rings (SSSR count). The van der Waals surface area contributed by atoms with E-state index >= 15 is 0 Å². The van der Waals surface area contributed by atoms with Crippen molar-refractivity contribution in [2.45, 2.75) is 6.18 Å². The minimum atomic E-state index is -4.66. The van der Waals surface area contributed by atoms with Crippen molar-refractivity contribution < 1.29 is 22.3 Å². The third kappa shape index (κ3) is 2.81. The summed E-state index contributed by atoms with van der Waals surface area (Å²) < 4.78 is 56.2. The number of pyridine rings is 1. The number of alkyl halides is 3. The average Bonchev–Trinajstić information content (AvgIpc) is 2.37.